The van der Waals surface area contributed by atoms with Crippen molar-refractivity contribution in [1.82, 2.24) is 10.6 Å². The van der Waals surface area contributed by atoms with Crippen LogP contribution in [0.3, 0.4) is 0 Å². The Morgan fingerprint density at radius 2 is 2.27 bits per heavy atom. The molecule has 1 aliphatic carbocycles. The topological polar surface area (TPSA) is 24.1 Å². The minimum absolute atomic E-state index is 0.963. The fourth-order valence-corrected chi connectivity index (χ4v) is 2.35. The summed E-state index contributed by atoms with van der Waals surface area (Å²) in [7, 11) is 0. The zero-order valence-electron chi connectivity index (χ0n) is 6.81. The maximum atomic E-state index is 3.39. The van der Waals surface area contributed by atoms with Crippen LogP contribution in [0.5, 0.6) is 0 Å². The largest absolute Gasteiger partial charge is 0.314 e. The zero-order valence-corrected chi connectivity index (χ0v) is 7.62. The standard InChI is InChI=1S/C5H9N.C3H7NS/c1-2-6-5-3-4(1)5;1-2-5-3-4-1/h4-6H,1-3H2;4H,1-3H2/t4?,5-;/m1./s1. The highest BCUT2D eigenvalue weighted by atomic mass is 32.2. The third-order valence-electron chi connectivity index (χ3n) is 2.47. The SMILES string of the molecule is C1CC2C[C@H]2N1.C1CSCN1. The van der Waals surface area contributed by atoms with Crippen molar-refractivity contribution in [3.05, 3.63) is 0 Å². The summed E-state index contributed by atoms with van der Waals surface area (Å²) in [6, 6.07) is 0.963. The minimum Gasteiger partial charge on any atom is -0.314 e. The van der Waals surface area contributed by atoms with E-state index in [-0.39, 0.29) is 0 Å². The van der Waals surface area contributed by atoms with E-state index in [4.69, 9.17) is 0 Å². The number of fused-ring (bicyclic) bond motifs is 1. The van der Waals surface area contributed by atoms with Gasteiger partial charge in [0.2, 0.25) is 0 Å². The first kappa shape index (κ1) is 7.90. The lowest BCUT2D eigenvalue weighted by Crippen LogP contribution is -2.10. The highest BCUT2D eigenvalue weighted by Gasteiger charge is 2.40. The molecule has 0 amide bonds. The van der Waals surface area contributed by atoms with Gasteiger partial charge in [0.25, 0.3) is 0 Å². The van der Waals surface area contributed by atoms with Gasteiger partial charge < -0.3 is 10.6 Å². The summed E-state index contributed by atoms with van der Waals surface area (Å²) in [5.41, 5.74) is 0. The Kier molecular flexibility index (Phi) is 2.72. The molecule has 1 unspecified atom stereocenters. The fraction of sp³-hybridized carbons (Fsp3) is 1.00. The van der Waals surface area contributed by atoms with E-state index in [0.29, 0.717) is 0 Å². The first-order chi connectivity index (χ1) is 5.47. The Hall–Kier alpha value is 0.270. The molecule has 3 aliphatic rings. The summed E-state index contributed by atoms with van der Waals surface area (Å²) < 4.78 is 0. The molecule has 2 nitrogen and oxygen atoms in total. The summed E-state index contributed by atoms with van der Waals surface area (Å²) in [4.78, 5) is 0. The monoisotopic (exact) mass is 172 g/mol. The lowest BCUT2D eigenvalue weighted by atomic mass is 10.3. The summed E-state index contributed by atoms with van der Waals surface area (Å²) in [5.74, 6) is 3.57. The number of rotatable bonds is 0. The molecule has 3 fully saturated rings. The van der Waals surface area contributed by atoms with E-state index in [1.165, 1.54) is 37.6 Å². The molecule has 0 radical (unpaired) electrons. The van der Waals surface area contributed by atoms with E-state index in [1.807, 2.05) is 11.8 Å². The van der Waals surface area contributed by atoms with Gasteiger partial charge in [0, 0.05) is 24.2 Å². The van der Waals surface area contributed by atoms with Crippen LogP contribution in [-0.2, 0) is 0 Å². The molecule has 2 saturated heterocycles. The molecular weight excluding hydrogens is 156 g/mol. The molecule has 0 aromatic rings. The summed E-state index contributed by atoms with van der Waals surface area (Å²) >= 11 is 1.96. The molecule has 0 aromatic carbocycles. The number of thioether (sulfide) groups is 1. The molecule has 3 rings (SSSR count). The first-order valence-electron chi connectivity index (χ1n) is 4.48. The maximum absolute atomic E-state index is 3.39. The molecule has 0 aromatic heterocycles. The van der Waals surface area contributed by atoms with Crippen molar-refractivity contribution in [1.29, 1.82) is 0 Å². The van der Waals surface area contributed by atoms with Crippen LogP contribution in [0, 0.1) is 5.92 Å². The van der Waals surface area contributed by atoms with Crippen molar-refractivity contribution in [3.63, 3.8) is 0 Å². The Bertz CT molecular complexity index is 110. The molecule has 0 bridgehead atoms. The molecule has 2 aliphatic heterocycles. The molecule has 64 valence electrons. The summed E-state index contributed by atoms with van der Waals surface area (Å²) in [5, 5.41) is 6.58. The lowest BCUT2D eigenvalue weighted by molar-refractivity contribution is 0.741. The van der Waals surface area contributed by atoms with E-state index in [1.54, 1.807) is 0 Å². The van der Waals surface area contributed by atoms with Gasteiger partial charge in [-0.25, -0.2) is 0 Å². The van der Waals surface area contributed by atoms with E-state index < -0.39 is 0 Å². The van der Waals surface area contributed by atoms with Crippen molar-refractivity contribution >= 4 is 11.8 Å². The third kappa shape index (κ3) is 2.36. The fourth-order valence-electron chi connectivity index (χ4n) is 1.63. The molecule has 3 heteroatoms. The van der Waals surface area contributed by atoms with Gasteiger partial charge in [-0.05, 0) is 25.3 Å². The van der Waals surface area contributed by atoms with E-state index in [9.17, 15) is 0 Å². The van der Waals surface area contributed by atoms with Crippen molar-refractivity contribution in [2.75, 3.05) is 24.7 Å². The van der Waals surface area contributed by atoms with Crippen LogP contribution < -0.4 is 10.6 Å². The van der Waals surface area contributed by atoms with Crippen LogP contribution in [0.4, 0.5) is 0 Å². The van der Waals surface area contributed by atoms with Crippen molar-refractivity contribution < 1.29 is 0 Å². The zero-order chi connectivity index (χ0) is 7.52. The van der Waals surface area contributed by atoms with Crippen LogP contribution in [0.1, 0.15) is 12.8 Å². The molecule has 2 heterocycles. The Balaban J connectivity index is 0.0000000893. The molecule has 2 N–H and O–H groups in total. The Morgan fingerprint density at radius 3 is 2.45 bits per heavy atom. The van der Waals surface area contributed by atoms with Gasteiger partial charge in [-0.2, -0.15) is 0 Å². The van der Waals surface area contributed by atoms with Crippen LogP contribution in [0.15, 0.2) is 0 Å². The van der Waals surface area contributed by atoms with Crippen LogP contribution in [-0.4, -0.2) is 30.8 Å². The first-order valence-corrected chi connectivity index (χ1v) is 5.64. The second-order valence-electron chi connectivity index (χ2n) is 3.40. The smallest absolute Gasteiger partial charge is 0.0418 e. The van der Waals surface area contributed by atoms with Crippen LogP contribution in [0.2, 0.25) is 0 Å². The second-order valence-corrected chi connectivity index (χ2v) is 4.50. The summed E-state index contributed by atoms with van der Waals surface area (Å²) in [6.45, 7) is 2.50. The predicted molar refractivity (Wildman–Crippen MR) is 49.8 cm³/mol. The van der Waals surface area contributed by atoms with Gasteiger partial charge >= 0.3 is 0 Å². The minimum atomic E-state index is 0.963. The maximum Gasteiger partial charge on any atom is 0.0418 e. The van der Waals surface area contributed by atoms with Gasteiger partial charge in [0.1, 0.15) is 0 Å². The Morgan fingerprint density at radius 1 is 1.27 bits per heavy atom. The summed E-state index contributed by atoms with van der Waals surface area (Å²) in [6.07, 6.45) is 2.92. The molecular formula is C8H16N2S. The molecule has 2 atom stereocenters. The van der Waals surface area contributed by atoms with Gasteiger partial charge in [-0.15, -0.1) is 11.8 Å². The average molecular weight is 172 g/mol. The highest BCUT2D eigenvalue weighted by Crippen LogP contribution is 2.37. The average Bonchev–Trinajstić information content (AvgIpc) is 2.62. The highest BCUT2D eigenvalue weighted by molar-refractivity contribution is 7.99. The van der Waals surface area contributed by atoms with Crippen LogP contribution in [0.25, 0.3) is 0 Å². The molecule has 1 saturated carbocycles. The van der Waals surface area contributed by atoms with Crippen LogP contribution >= 0.6 is 11.8 Å². The normalized spacial score (nSPS) is 39.3. The van der Waals surface area contributed by atoms with Gasteiger partial charge in [-0.1, -0.05) is 0 Å². The number of hydrogen-bond donors (Lipinski definition) is 2. The second kappa shape index (κ2) is 3.78. The molecule has 0 spiro atoms. The number of nitrogens with one attached hydrogen (secondary N) is 2. The van der Waals surface area contributed by atoms with Gasteiger partial charge in [0.05, 0.1) is 0 Å². The quantitative estimate of drug-likeness (QED) is 0.561. The van der Waals surface area contributed by atoms with Crippen molar-refractivity contribution in [2.45, 2.75) is 18.9 Å². The van der Waals surface area contributed by atoms with Gasteiger partial charge in [0.15, 0.2) is 0 Å². The Labute approximate surface area is 72.5 Å². The van der Waals surface area contributed by atoms with E-state index in [0.717, 1.165) is 12.0 Å². The van der Waals surface area contributed by atoms with Gasteiger partial charge in [-0.3, -0.25) is 0 Å². The predicted octanol–water partition coefficient (Wildman–Crippen LogP) is 0.648. The number of hydrogen-bond acceptors (Lipinski definition) is 3. The molecule has 11 heavy (non-hydrogen) atoms. The number of piperidine rings is 1. The lowest BCUT2D eigenvalue weighted by Gasteiger charge is -1.86. The van der Waals surface area contributed by atoms with E-state index in [2.05, 4.69) is 10.6 Å². The van der Waals surface area contributed by atoms with Crippen molar-refractivity contribution in [2.24, 2.45) is 5.92 Å². The third-order valence-corrected chi connectivity index (χ3v) is 3.37. The van der Waals surface area contributed by atoms with E-state index >= 15 is 0 Å². The van der Waals surface area contributed by atoms with Crippen molar-refractivity contribution in [3.8, 4) is 0 Å².